The minimum Gasteiger partial charge on any atom is -0.497 e. The molecule has 0 spiro atoms. The number of fused-ring (bicyclic) bond motifs is 3. The number of aliphatic hydroxyl groups is 1. The number of ether oxygens (including phenoxy) is 1. The number of hydrogen-bond donors (Lipinski definition) is 2. The first-order chi connectivity index (χ1) is 18.7. The van der Waals surface area contributed by atoms with Crippen LogP contribution in [0.15, 0.2) is 121 Å². The highest BCUT2D eigenvalue weighted by Crippen LogP contribution is 2.43. The van der Waals surface area contributed by atoms with Crippen molar-refractivity contribution in [2.75, 3.05) is 19.0 Å². The number of aliphatic hydroxyl groups excluding tert-OH is 1. The lowest BCUT2D eigenvalue weighted by Gasteiger charge is -2.19. The van der Waals surface area contributed by atoms with Gasteiger partial charge in [0, 0.05) is 34.6 Å². The fourth-order valence-electron chi connectivity index (χ4n) is 5.34. The maximum atomic E-state index is 11.4. The zero-order valence-corrected chi connectivity index (χ0v) is 22.6. The third kappa shape index (κ3) is 5.22. The third-order valence-corrected chi connectivity index (χ3v) is 7.06. The molecule has 4 nitrogen and oxygen atoms in total. The molecule has 0 aliphatic rings. The van der Waals surface area contributed by atoms with E-state index in [0.29, 0.717) is 13.1 Å². The summed E-state index contributed by atoms with van der Waals surface area (Å²) in [5.41, 5.74) is 6.64. The lowest BCUT2D eigenvalue weighted by Crippen LogP contribution is -2.25. The summed E-state index contributed by atoms with van der Waals surface area (Å²) in [6.07, 6.45) is -0.623. The molecular formula is C34H31ClN2O2. The summed E-state index contributed by atoms with van der Waals surface area (Å²) < 4.78 is 7.66. The van der Waals surface area contributed by atoms with E-state index in [9.17, 15) is 5.11 Å². The fraction of sp³-hybridized carbons (Fsp3) is 0.118. The van der Waals surface area contributed by atoms with Crippen LogP contribution in [0.25, 0.3) is 44.1 Å². The molecule has 196 valence electrons. The first-order valence-corrected chi connectivity index (χ1v) is 12.9. The number of nitrogens with one attached hydrogen (secondary N) is 1. The van der Waals surface area contributed by atoms with Gasteiger partial charge in [-0.15, -0.1) is 12.4 Å². The van der Waals surface area contributed by atoms with Gasteiger partial charge in [0.05, 0.1) is 31.0 Å². The summed E-state index contributed by atoms with van der Waals surface area (Å²) in [5, 5.41) is 18.3. The molecule has 2 N–H and O–H groups in total. The number of benzene rings is 5. The molecule has 1 unspecified atom stereocenters. The van der Waals surface area contributed by atoms with Crippen molar-refractivity contribution in [1.82, 2.24) is 4.57 Å². The first-order valence-electron chi connectivity index (χ1n) is 12.9. The van der Waals surface area contributed by atoms with Crippen LogP contribution < -0.4 is 10.1 Å². The molecule has 1 atom stereocenters. The van der Waals surface area contributed by atoms with Gasteiger partial charge in [0.15, 0.2) is 0 Å². The Morgan fingerprint density at radius 2 is 1.44 bits per heavy atom. The largest absolute Gasteiger partial charge is 0.497 e. The highest BCUT2D eigenvalue weighted by molar-refractivity contribution is 6.15. The molecule has 0 saturated carbocycles. The lowest BCUT2D eigenvalue weighted by molar-refractivity contribution is 0.169. The summed E-state index contributed by atoms with van der Waals surface area (Å²) in [6, 6.07) is 41.7. The van der Waals surface area contributed by atoms with Gasteiger partial charge in [-0.3, -0.25) is 0 Å². The molecule has 39 heavy (non-hydrogen) atoms. The quantitative estimate of drug-likeness (QED) is 0.208. The number of anilines is 1. The van der Waals surface area contributed by atoms with Gasteiger partial charge in [-0.2, -0.15) is 0 Å². The van der Waals surface area contributed by atoms with Gasteiger partial charge in [0.25, 0.3) is 0 Å². The Kier molecular flexibility index (Phi) is 7.87. The van der Waals surface area contributed by atoms with Crippen LogP contribution in [-0.4, -0.2) is 29.4 Å². The van der Waals surface area contributed by atoms with Crippen LogP contribution in [0.2, 0.25) is 0 Å². The number of rotatable bonds is 8. The smallest absolute Gasteiger partial charge is 0.120 e. The topological polar surface area (TPSA) is 46.4 Å². The van der Waals surface area contributed by atoms with Gasteiger partial charge in [-0.05, 0) is 28.6 Å². The summed E-state index contributed by atoms with van der Waals surface area (Å²) in [5.74, 6) is 0.784. The summed E-state index contributed by atoms with van der Waals surface area (Å²) in [6.45, 7) is 0.852. The molecule has 6 aromatic rings. The molecule has 0 saturated heterocycles. The van der Waals surface area contributed by atoms with E-state index in [0.717, 1.165) is 33.8 Å². The first kappa shape index (κ1) is 26.4. The number of nitrogens with zero attached hydrogens (tertiary/aromatic N) is 1. The fourth-order valence-corrected chi connectivity index (χ4v) is 5.34. The molecule has 5 heteroatoms. The van der Waals surface area contributed by atoms with Crippen molar-refractivity contribution in [2.24, 2.45) is 0 Å². The zero-order valence-electron chi connectivity index (χ0n) is 21.7. The average molecular weight is 535 g/mol. The van der Waals surface area contributed by atoms with Crippen molar-refractivity contribution in [3.63, 3.8) is 0 Å². The molecule has 0 aliphatic carbocycles. The van der Waals surface area contributed by atoms with Gasteiger partial charge in [0.1, 0.15) is 5.75 Å². The van der Waals surface area contributed by atoms with E-state index in [1.165, 1.54) is 21.7 Å². The molecule has 1 aromatic heterocycles. The van der Waals surface area contributed by atoms with Gasteiger partial charge in [0.2, 0.25) is 0 Å². The van der Waals surface area contributed by atoms with Gasteiger partial charge < -0.3 is 19.7 Å². The van der Waals surface area contributed by atoms with Crippen molar-refractivity contribution >= 4 is 39.8 Å². The van der Waals surface area contributed by atoms with Crippen molar-refractivity contribution < 1.29 is 9.84 Å². The van der Waals surface area contributed by atoms with E-state index < -0.39 is 6.10 Å². The molecule has 0 fully saturated rings. The maximum absolute atomic E-state index is 11.4. The SMILES string of the molecule is COc1cccc(NCC(O)Cn2c(-c3ccccc3)c(-c3ccccc3)c3ccc4ccccc4c32)c1.Cl. The van der Waals surface area contributed by atoms with Crippen LogP contribution in [0.4, 0.5) is 5.69 Å². The molecular weight excluding hydrogens is 504 g/mol. The van der Waals surface area contributed by atoms with Gasteiger partial charge in [-0.1, -0.05) is 103 Å². The normalized spacial score (nSPS) is 11.7. The van der Waals surface area contributed by atoms with E-state index in [1.54, 1.807) is 7.11 Å². The van der Waals surface area contributed by atoms with Crippen molar-refractivity contribution in [2.45, 2.75) is 12.6 Å². The third-order valence-electron chi connectivity index (χ3n) is 7.06. The Balaban J connectivity index is 0.00000308. The Bertz CT molecular complexity index is 1700. The number of halogens is 1. The van der Waals surface area contributed by atoms with Crippen molar-refractivity contribution in [3.05, 3.63) is 121 Å². The molecule has 1 heterocycles. The Labute approximate surface area is 234 Å². The molecule has 5 aromatic carbocycles. The minimum absolute atomic E-state index is 0. The molecule has 0 bridgehead atoms. The molecule has 0 radical (unpaired) electrons. The Morgan fingerprint density at radius 3 is 2.18 bits per heavy atom. The van der Waals surface area contributed by atoms with E-state index in [-0.39, 0.29) is 12.4 Å². The van der Waals surface area contributed by atoms with E-state index in [4.69, 9.17) is 4.74 Å². The zero-order chi connectivity index (χ0) is 25.9. The maximum Gasteiger partial charge on any atom is 0.120 e. The molecule has 0 amide bonds. The number of hydrogen-bond acceptors (Lipinski definition) is 3. The van der Waals surface area contributed by atoms with Crippen LogP contribution in [-0.2, 0) is 6.54 Å². The highest BCUT2D eigenvalue weighted by Gasteiger charge is 2.23. The Morgan fingerprint density at radius 1 is 0.744 bits per heavy atom. The number of methoxy groups -OCH3 is 1. The predicted molar refractivity (Wildman–Crippen MR) is 165 cm³/mol. The van der Waals surface area contributed by atoms with Crippen LogP contribution in [0.3, 0.4) is 0 Å². The Hall–Kier alpha value is -4.25. The second-order valence-electron chi connectivity index (χ2n) is 9.52. The van der Waals surface area contributed by atoms with Crippen LogP contribution in [0.5, 0.6) is 5.75 Å². The monoisotopic (exact) mass is 534 g/mol. The average Bonchev–Trinajstić information content (AvgIpc) is 3.31. The standard InChI is InChI=1S/C34H30N2O2.ClH/c1-38-29-17-10-16-27(21-29)35-22-28(37)23-36-33(26-14-6-3-7-15-26)32(25-12-4-2-5-13-25)31-20-19-24-11-8-9-18-30(24)34(31)36;/h2-21,28,35,37H,22-23H2,1H3;1H. The predicted octanol–water partition coefficient (Wildman–Crippen LogP) is 8.03. The summed E-state index contributed by atoms with van der Waals surface area (Å²) in [4.78, 5) is 0. The van der Waals surface area contributed by atoms with Crippen LogP contribution >= 0.6 is 12.4 Å². The second-order valence-corrected chi connectivity index (χ2v) is 9.52. The second kappa shape index (κ2) is 11.6. The van der Waals surface area contributed by atoms with Crippen LogP contribution in [0, 0.1) is 0 Å². The number of aromatic nitrogens is 1. The van der Waals surface area contributed by atoms with Crippen molar-refractivity contribution in [3.8, 4) is 28.1 Å². The van der Waals surface area contributed by atoms with E-state index in [2.05, 4.69) is 94.8 Å². The van der Waals surface area contributed by atoms with Crippen molar-refractivity contribution in [1.29, 1.82) is 0 Å². The van der Waals surface area contributed by atoms with Gasteiger partial charge in [-0.25, -0.2) is 0 Å². The lowest BCUT2D eigenvalue weighted by atomic mass is 9.97. The molecule has 0 aliphatic heterocycles. The highest BCUT2D eigenvalue weighted by atomic mass is 35.5. The van der Waals surface area contributed by atoms with Crippen LogP contribution in [0.1, 0.15) is 0 Å². The summed E-state index contributed by atoms with van der Waals surface area (Å²) >= 11 is 0. The summed E-state index contributed by atoms with van der Waals surface area (Å²) in [7, 11) is 1.66. The van der Waals surface area contributed by atoms with Gasteiger partial charge >= 0.3 is 0 Å². The van der Waals surface area contributed by atoms with E-state index in [1.807, 2.05) is 36.4 Å². The van der Waals surface area contributed by atoms with E-state index >= 15 is 0 Å². The molecule has 6 rings (SSSR count). The minimum atomic E-state index is -0.623.